The van der Waals surface area contributed by atoms with Crippen LogP contribution in [0.2, 0.25) is 0 Å². The Morgan fingerprint density at radius 2 is 1.70 bits per heavy atom. The highest BCUT2D eigenvalue weighted by Gasteiger charge is 2.20. The topological polar surface area (TPSA) is 18.5 Å². The van der Waals surface area contributed by atoms with Gasteiger partial charge in [-0.1, -0.05) is 32.0 Å². The SMILES string of the molecule is CNC(C)c1ccccc1N1CCN(CC(C)C)CC1. The van der Waals surface area contributed by atoms with Gasteiger partial charge in [0.1, 0.15) is 0 Å². The average Bonchev–Trinajstić information content (AvgIpc) is 2.46. The van der Waals surface area contributed by atoms with Crippen molar-refractivity contribution in [2.24, 2.45) is 5.92 Å². The maximum atomic E-state index is 3.36. The standard InChI is InChI=1S/C17H29N3/c1-14(2)13-19-9-11-20(12-10-19)17-8-6-5-7-16(17)15(3)18-4/h5-8,14-15,18H,9-13H2,1-4H3. The Balaban J connectivity index is 2.03. The third-order valence-electron chi connectivity index (χ3n) is 4.17. The minimum atomic E-state index is 0.403. The van der Waals surface area contributed by atoms with Gasteiger partial charge in [-0.05, 0) is 31.5 Å². The van der Waals surface area contributed by atoms with Gasteiger partial charge in [0.2, 0.25) is 0 Å². The van der Waals surface area contributed by atoms with Gasteiger partial charge in [0.15, 0.2) is 0 Å². The lowest BCUT2D eigenvalue weighted by molar-refractivity contribution is 0.231. The van der Waals surface area contributed by atoms with E-state index in [1.54, 1.807) is 0 Å². The molecule has 0 spiro atoms. The number of anilines is 1. The molecule has 0 amide bonds. The molecule has 1 aromatic rings. The smallest absolute Gasteiger partial charge is 0.0415 e. The molecule has 1 aliphatic heterocycles. The summed E-state index contributed by atoms with van der Waals surface area (Å²) >= 11 is 0. The fraction of sp³-hybridized carbons (Fsp3) is 0.647. The second-order valence-corrected chi connectivity index (χ2v) is 6.25. The van der Waals surface area contributed by atoms with Crippen LogP contribution in [0.15, 0.2) is 24.3 Å². The van der Waals surface area contributed by atoms with Crippen molar-refractivity contribution in [1.29, 1.82) is 0 Å². The number of nitrogens with one attached hydrogen (secondary N) is 1. The van der Waals surface area contributed by atoms with E-state index in [1.165, 1.54) is 30.9 Å². The summed E-state index contributed by atoms with van der Waals surface area (Å²) in [4.78, 5) is 5.13. The van der Waals surface area contributed by atoms with E-state index in [0.717, 1.165) is 19.0 Å². The number of piperazine rings is 1. The predicted octanol–water partition coefficient (Wildman–Crippen LogP) is 2.75. The third kappa shape index (κ3) is 3.74. The summed E-state index contributed by atoms with van der Waals surface area (Å²) in [5.74, 6) is 0.762. The monoisotopic (exact) mass is 275 g/mol. The van der Waals surface area contributed by atoms with Crippen LogP contribution in [0.4, 0.5) is 5.69 Å². The molecule has 0 saturated carbocycles. The van der Waals surface area contributed by atoms with Gasteiger partial charge in [-0.3, -0.25) is 4.90 Å². The highest BCUT2D eigenvalue weighted by molar-refractivity contribution is 5.55. The number of hydrogen-bond acceptors (Lipinski definition) is 3. The lowest BCUT2D eigenvalue weighted by atomic mass is 10.0. The van der Waals surface area contributed by atoms with Crippen molar-refractivity contribution in [2.45, 2.75) is 26.8 Å². The molecular weight excluding hydrogens is 246 g/mol. The van der Waals surface area contributed by atoms with E-state index in [-0.39, 0.29) is 0 Å². The Morgan fingerprint density at radius 3 is 2.30 bits per heavy atom. The molecule has 1 N–H and O–H groups in total. The average molecular weight is 275 g/mol. The number of hydrogen-bond donors (Lipinski definition) is 1. The minimum absolute atomic E-state index is 0.403. The van der Waals surface area contributed by atoms with Crippen LogP contribution in [-0.4, -0.2) is 44.7 Å². The van der Waals surface area contributed by atoms with Gasteiger partial charge in [-0.15, -0.1) is 0 Å². The van der Waals surface area contributed by atoms with Gasteiger partial charge in [-0.25, -0.2) is 0 Å². The first kappa shape index (κ1) is 15.3. The van der Waals surface area contributed by atoms with E-state index in [2.05, 4.69) is 60.2 Å². The molecule has 0 bridgehead atoms. The molecule has 1 aliphatic rings. The second kappa shape index (κ2) is 7.09. The Labute approximate surface area is 124 Å². The highest BCUT2D eigenvalue weighted by atomic mass is 15.3. The van der Waals surface area contributed by atoms with Gasteiger partial charge < -0.3 is 10.2 Å². The second-order valence-electron chi connectivity index (χ2n) is 6.25. The summed E-state index contributed by atoms with van der Waals surface area (Å²) in [5.41, 5.74) is 2.81. The maximum absolute atomic E-state index is 3.36. The third-order valence-corrected chi connectivity index (χ3v) is 4.17. The molecule has 1 heterocycles. The molecule has 0 aliphatic carbocycles. The molecule has 20 heavy (non-hydrogen) atoms. The Bertz CT molecular complexity index is 408. The van der Waals surface area contributed by atoms with Gasteiger partial charge in [0, 0.05) is 44.5 Å². The summed E-state index contributed by atoms with van der Waals surface area (Å²) in [5, 5.41) is 3.36. The molecule has 1 aromatic carbocycles. The summed E-state index contributed by atoms with van der Waals surface area (Å²) in [7, 11) is 2.03. The maximum Gasteiger partial charge on any atom is 0.0415 e. The summed E-state index contributed by atoms with van der Waals surface area (Å²) in [6.07, 6.45) is 0. The van der Waals surface area contributed by atoms with E-state index < -0.39 is 0 Å². The molecule has 112 valence electrons. The molecule has 1 saturated heterocycles. The quantitative estimate of drug-likeness (QED) is 0.891. The van der Waals surface area contributed by atoms with Crippen molar-refractivity contribution in [1.82, 2.24) is 10.2 Å². The summed E-state index contributed by atoms with van der Waals surface area (Å²) in [6, 6.07) is 9.21. The van der Waals surface area contributed by atoms with Gasteiger partial charge in [0.05, 0.1) is 0 Å². The summed E-state index contributed by atoms with van der Waals surface area (Å²) in [6.45, 7) is 12.7. The highest BCUT2D eigenvalue weighted by Crippen LogP contribution is 2.27. The van der Waals surface area contributed by atoms with Crippen LogP contribution in [0.25, 0.3) is 0 Å². The van der Waals surface area contributed by atoms with Gasteiger partial charge in [-0.2, -0.15) is 0 Å². The van der Waals surface area contributed by atoms with Crippen molar-refractivity contribution in [2.75, 3.05) is 44.7 Å². The van der Waals surface area contributed by atoms with E-state index in [9.17, 15) is 0 Å². The number of para-hydroxylation sites is 1. The molecule has 2 rings (SSSR count). The van der Waals surface area contributed by atoms with Gasteiger partial charge >= 0.3 is 0 Å². The van der Waals surface area contributed by atoms with Crippen LogP contribution < -0.4 is 10.2 Å². The van der Waals surface area contributed by atoms with Crippen LogP contribution in [0, 0.1) is 5.92 Å². The lowest BCUT2D eigenvalue weighted by Gasteiger charge is -2.38. The normalized spacial score (nSPS) is 18.6. The Hall–Kier alpha value is -1.06. The van der Waals surface area contributed by atoms with E-state index in [0.29, 0.717) is 6.04 Å². The van der Waals surface area contributed by atoms with E-state index in [1.807, 2.05) is 7.05 Å². The van der Waals surface area contributed by atoms with Crippen LogP contribution in [-0.2, 0) is 0 Å². The fourth-order valence-corrected chi connectivity index (χ4v) is 2.98. The molecule has 0 radical (unpaired) electrons. The largest absolute Gasteiger partial charge is 0.369 e. The van der Waals surface area contributed by atoms with Crippen LogP contribution in [0.3, 0.4) is 0 Å². The first-order chi connectivity index (χ1) is 9.61. The predicted molar refractivity (Wildman–Crippen MR) is 87.4 cm³/mol. The van der Waals surface area contributed by atoms with Crippen LogP contribution in [0.5, 0.6) is 0 Å². The zero-order chi connectivity index (χ0) is 14.5. The zero-order valence-corrected chi connectivity index (χ0v) is 13.4. The van der Waals surface area contributed by atoms with Crippen molar-refractivity contribution >= 4 is 5.69 Å². The fourth-order valence-electron chi connectivity index (χ4n) is 2.98. The lowest BCUT2D eigenvalue weighted by Crippen LogP contribution is -2.47. The number of rotatable bonds is 5. The number of nitrogens with zero attached hydrogens (tertiary/aromatic N) is 2. The molecule has 1 atom stereocenters. The van der Waals surface area contributed by atoms with Crippen molar-refractivity contribution in [3.8, 4) is 0 Å². The Morgan fingerprint density at radius 1 is 1.05 bits per heavy atom. The first-order valence-electron chi connectivity index (χ1n) is 7.85. The molecular formula is C17H29N3. The zero-order valence-electron chi connectivity index (χ0n) is 13.4. The van der Waals surface area contributed by atoms with Gasteiger partial charge in [0.25, 0.3) is 0 Å². The molecule has 1 unspecified atom stereocenters. The van der Waals surface area contributed by atoms with Crippen molar-refractivity contribution in [3.63, 3.8) is 0 Å². The summed E-state index contributed by atoms with van der Waals surface area (Å²) < 4.78 is 0. The molecule has 1 fully saturated rings. The number of benzene rings is 1. The van der Waals surface area contributed by atoms with Crippen molar-refractivity contribution < 1.29 is 0 Å². The minimum Gasteiger partial charge on any atom is -0.369 e. The van der Waals surface area contributed by atoms with E-state index in [4.69, 9.17) is 0 Å². The van der Waals surface area contributed by atoms with Crippen LogP contribution >= 0.6 is 0 Å². The van der Waals surface area contributed by atoms with E-state index >= 15 is 0 Å². The molecule has 3 heteroatoms. The Kier molecular flexibility index (Phi) is 5.44. The van der Waals surface area contributed by atoms with Crippen molar-refractivity contribution in [3.05, 3.63) is 29.8 Å². The molecule has 0 aromatic heterocycles. The first-order valence-corrected chi connectivity index (χ1v) is 7.85. The molecule has 3 nitrogen and oxygen atoms in total. The van der Waals surface area contributed by atoms with Crippen LogP contribution in [0.1, 0.15) is 32.4 Å².